The van der Waals surface area contributed by atoms with E-state index >= 15 is 0 Å². The van der Waals surface area contributed by atoms with Crippen LogP contribution >= 0.6 is 0 Å². The van der Waals surface area contributed by atoms with Gasteiger partial charge >= 0.3 is 5.97 Å². The van der Waals surface area contributed by atoms with E-state index < -0.39 is 5.97 Å². The average Bonchev–Trinajstić information content (AvgIpc) is 2.61. The van der Waals surface area contributed by atoms with Gasteiger partial charge in [0.1, 0.15) is 11.5 Å². The molecule has 0 saturated carbocycles. The number of rotatable bonds is 8. The Morgan fingerprint density at radius 2 is 1.75 bits per heavy atom. The maximum atomic E-state index is 12.0. The van der Waals surface area contributed by atoms with Crippen molar-refractivity contribution in [3.05, 3.63) is 65.7 Å². The van der Waals surface area contributed by atoms with Gasteiger partial charge in [0.25, 0.3) is 0 Å². The fourth-order valence-corrected chi connectivity index (χ4v) is 2.28. The van der Waals surface area contributed by atoms with Crippen LogP contribution in [0.15, 0.2) is 54.6 Å². The SMILES string of the molecule is CCCOc1ccccc1/C=C/C(=O)Oc1ccc(CCC)cc1. The third-order valence-electron chi connectivity index (χ3n) is 3.46. The van der Waals surface area contributed by atoms with Gasteiger partial charge in [-0.3, -0.25) is 0 Å². The number of para-hydroxylation sites is 1. The van der Waals surface area contributed by atoms with E-state index in [1.165, 1.54) is 11.6 Å². The molecule has 0 unspecified atom stereocenters. The molecule has 3 nitrogen and oxygen atoms in total. The van der Waals surface area contributed by atoms with Gasteiger partial charge in [-0.2, -0.15) is 0 Å². The molecule has 0 spiro atoms. The van der Waals surface area contributed by atoms with Crippen molar-refractivity contribution in [2.75, 3.05) is 6.61 Å². The van der Waals surface area contributed by atoms with Crippen LogP contribution in [0, 0.1) is 0 Å². The third kappa shape index (κ3) is 5.58. The fourth-order valence-electron chi connectivity index (χ4n) is 2.28. The summed E-state index contributed by atoms with van der Waals surface area (Å²) >= 11 is 0. The molecule has 0 bridgehead atoms. The molecule has 0 heterocycles. The molecule has 0 atom stereocenters. The van der Waals surface area contributed by atoms with E-state index in [9.17, 15) is 4.79 Å². The van der Waals surface area contributed by atoms with Crippen molar-refractivity contribution in [3.8, 4) is 11.5 Å². The summed E-state index contributed by atoms with van der Waals surface area (Å²) < 4.78 is 11.0. The van der Waals surface area contributed by atoms with E-state index in [-0.39, 0.29) is 0 Å². The third-order valence-corrected chi connectivity index (χ3v) is 3.46. The number of benzene rings is 2. The maximum absolute atomic E-state index is 12.0. The molecule has 0 saturated heterocycles. The number of ether oxygens (including phenoxy) is 2. The first-order chi connectivity index (χ1) is 11.7. The molecule has 0 aromatic heterocycles. The standard InChI is InChI=1S/C21H24O3/c1-3-7-17-10-13-19(14-11-17)24-21(22)15-12-18-8-5-6-9-20(18)23-16-4-2/h5-6,8-15H,3-4,7,16H2,1-2H3/b15-12+. The van der Waals surface area contributed by atoms with Gasteiger partial charge in [0.15, 0.2) is 0 Å². The van der Waals surface area contributed by atoms with E-state index in [4.69, 9.17) is 9.47 Å². The van der Waals surface area contributed by atoms with Gasteiger partial charge in [0, 0.05) is 11.6 Å². The number of aryl methyl sites for hydroxylation is 1. The second kappa shape index (κ2) is 9.56. The van der Waals surface area contributed by atoms with E-state index in [2.05, 4.69) is 13.8 Å². The van der Waals surface area contributed by atoms with E-state index in [1.54, 1.807) is 6.08 Å². The molecular formula is C21H24O3. The lowest BCUT2D eigenvalue weighted by atomic mass is 10.1. The van der Waals surface area contributed by atoms with Crippen molar-refractivity contribution < 1.29 is 14.3 Å². The highest BCUT2D eigenvalue weighted by Gasteiger charge is 2.03. The van der Waals surface area contributed by atoms with Crippen LogP contribution in [0.3, 0.4) is 0 Å². The summed E-state index contributed by atoms with van der Waals surface area (Å²) in [5.74, 6) is 0.927. The Morgan fingerprint density at radius 3 is 2.46 bits per heavy atom. The maximum Gasteiger partial charge on any atom is 0.336 e. The molecule has 0 aliphatic heterocycles. The quantitative estimate of drug-likeness (QED) is 0.387. The van der Waals surface area contributed by atoms with Crippen LogP contribution < -0.4 is 9.47 Å². The Morgan fingerprint density at radius 1 is 1.00 bits per heavy atom. The van der Waals surface area contributed by atoms with Crippen molar-refractivity contribution in [3.63, 3.8) is 0 Å². The predicted octanol–water partition coefficient (Wildman–Crippen LogP) is 5.05. The molecule has 0 aliphatic carbocycles. The number of esters is 1. The van der Waals surface area contributed by atoms with Gasteiger partial charge < -0.3 is 9.47 Å². The molecule has 2 aromatic carbocycles. The van der Waals surface area contributed by atoms with Crippen molar-refractivity contribution in [2.24, 2.45) is 0 Å². The lowest BCUT2D eigenvalue weighted by molar-refractivity contribution is -0.128. The molecule has 0 amide bonds. The first kappa shape index (κ1) is 17.8. The minimum absolute atomic E-state index is 0.400. The van der Waals surface area contributed by atoms with Crippen LogP contribution in [0.4, 0.5) is 0 Å². The van der Waals surface area contributed by atoms with Crippen LogP contribution in [-0.2, 0) is 11.2 Å². The first-order valence-electron chi connectivity index (χ1n) is 8.43. The number of carbonyl (C=O) groups is 1. The van der Waals surface area contributed by atoms with E-state index in [0.717, 1.165) is 30.6 Å². The van der Waals surface area contributed by atoms with Crippen LogP contribution in [0.25, 0.3) is 6.08 Å². The zero-order valence-corrected chi connectivity index (χ0v) is 14.3. The van der Waals surface area contributed by atoms with Gasteiger partial charge in [-0.1, -0.05) is 50.6 Å². The normalized spacial score (nSPS) is 10.8. The van der Waals surface area contributed by atoms with Gasteiger partial charge in [-0.15, -0.1) is 0 Å². The summed E-state index contributed by atoms with van der Waals surface area (Å²) in [6.07, 6.45) is 6.21. The van der Waals surface area contributed by atoms with Gasteiger partial charge in [0.2, 0.25) is 0 Å². The Bertz CT molecular complexity index is 672. The number of hydrogen-bond acceptors (Lipinski definition) is 3. The van der Waals surface area contributed by atoms with Crippen LogP contribution in [-0.4, -0.2) is 12.6 Å². The van der Waals surface area contributed by atoms with Crippen LogP contribution in [0.5, 0.6) is 11.5 Å². The monoisotopic (exact) mass is 324 g/mol. The molecular weight excluding hydrogens is 300 g/mol. The average molecular weight is 324 g/mol. The molecule has 3 heteroatoms. The first-order valence-corrected chi connectivity index (χ1v) is 8.43. The smallest absolute Gasteiger partial charge is 0.336 e. The minimum Gasteiger partial charge on any atom is -0.493 e. The highest BCUT2D eigenvalue weighted by Crippen LogP contribution is 2.20. The zero-order chi connectivity index (χ0) is 17.2. The zero-order valence-electron chi connectivity index (χ0n) is 14.3. The van der Waals surface area contributed by atoms with Crippen molar-refractivity contribution in [2.45, 2.75) is 33.1 Å². The Balaban J connectivity index is 1.97. The molecule has 24 heavy (non-hydrogen) atoms. The number of hydrogen-bond donors (Lipinski definition) is 0. The lowest BCUT2D eigenvalue weighted by Gasteiger charge is -2.07. The Hall–Kier alpha value is -2.55. The highest BCUT2D eigenvalue weighted by molar-refractivity contribution is 5.89. The second-order valence-electron chi connectivity index (χ2n) is 5.53. The van der Waals surface area contributed by atoms with Gasteiger partial charge in [0.05, 0.1) is 6.61 Å². The lowest BCUT2D eigenvalue weighted by Crippen LogP contribution is -2.04. The topological polar surface area (TPSA) is 35.5 Å². The predicted molar refractivity (Wildman–Crippen MR) is 97.3 cm³/mol. The summed E-state index contributed by atoms with van der Waals surface area (Å²) in [6.45, 7) is 4.85. The molecule has 0 aliphatic rings. The highest BCUT2D eigenvalue weighted by atomic mass is 16.5. The molecule has 0 N–H and O–H groups in total. The van der Waals surface area contributed by atoms with Gasteiger partial charge in [-0.25, -0.2) is 4.79 Å². The molecule has 2 rings (SSSR count). The van der Waals surface area contributed by atoms with Crippen LogP contribution in [0.1, 0.15) is 37.8 Å². The Kier molecular flexibility index (Phi) is 7.09. The van der Waals surface area contributed by atoms with Crippen molar-refractivity contribution in [1.82, 2.24) is 0 Å². The molecule has 0 radical (unpaired) electrons. The summed E-state index contributed by atoms with van der Waals surface area (Å²) in [7, 11) is 0. The Labute approximate surface area is 143 Å². The van der Waals surface area contributed by atoms with E-state index in [0.29, 0.717) is 12.4 Å². The van der Waals surface area contributed by atoms with Crippen molar-refractivity contribution >= 4 is 12.0 Å². The number of carbonyl (C=O) groups excluding carboxylic acids is 1. The fraction of sp³-hybridized carbons (Fsp3) is 0.286. The molecule has 2 aromatic rings. The van der Waals surface area contributed by atoms with E-state index in [1.807, 2.05) is 48.5 Å². The summed E-state index contributed by atoms with van der Waals surface area (Å²) in [6, 6.07) is 15.3. The summed E-state index contributed by atoms with van der Waals surface area (Å²) in [4.78, 5) is 12.0. The minimum atomic E-state index is -0.400. The molecule has 126 valence electrons. The summed E-state index contributed by atoms with van der Waals surface area (Å²) in [5, 5.41) is 0. The molecule has 0 fully saturated rings. The largest absolute Gasteiger partial charge is 0.493 e. The summed E-state index contributed by atoms with van der Waals surface area (Å²) in [5.41, 5.74) is 2.11. The second-order valence-corrected chi connectivity index (χ2v) is 5.53. The van der Waals surface area contributed by atoms with Crippen molar-refractivity contribution in [1.29, 1.82) is 0 Å². The van der Waals surface area contributed by atoms with Crippen LogP contribution in [0.2, 0.25) is 0 Å². The van der Waals surface area contributed by atoms with Gasteiger partial charge in [-0.05, 0) is 42.7 Å².